The van der Waals surface area contributed by atoms with Gasteiger partial charge < -0.3 is 15.0 Å². The topological polar surface area (TPSA) is 54.1 Å². The third-order valence-electron chi connectivity index (χ3n) is 2.84. The first-order chi connectivity index (χ1) is 8.89. The summed E-state index contributed by atoms with van der Waals surface area (Å²) < 4.78 is 5.22. The molecule has 2 rings (SSSR count). The second-order valence-electron chi connectivity index (χ2n) is 5.70. The Balaban J connectivity index is 2.23. The number of amides is 1. The van der Waals surface area contributed by atoms with Gasteiger partial charge in [0.15, 0.2) is 0 Å². The number of benzene rings is 1. The lowest BCUT2D eigenvalue weighted by molar-refractivity contribution is -0.121. The third kappa shape index (κ3) is 3.28. The Morgan fingerprint density at radius 1 is 1.37 bits per heavy atom. The standard InChI is InChI=1S/C15H20N2O2/c1-15(2,3)17-14(18)7-10-9-16-13-6-5-11(19-4)8-12(10)13/h5-6,8-9,16H,7H2,1-4H3,(H,17,18). The highest BCUT2D eigenvalue weighted by atomic mass is 16.5. The van der Waals surface area contributed by atoms with E-state index < -0.39 is 0 Å². The predicted octanol–water partition coefficient (Wildman–Crippen LogP) is 2.63. The molecule has 2 aromatic rings. The first-order valence-electron chi connectivity index (χ1n) is 6.34. The molecule has 0 spiro atoms. The van der Waals surface area contributed by atoms with Crippen molar-refractivity contribution in [3.63, 3.8) is 0 Å². The number of hydrogen-bond donors (Lipinski definition) is 2. The van der Waals surface area contributed by atoms with Crippen molar-refractivity contribution in [3.05, 3.63) is 30.0 Å². The summed E-state index contributed by atoms with van der Waals surface area (Å²) in [5.41, 5.74) is 1.79. The number of hydrogen-bond acceptors (Lipinski definition) is 2. The van der Waals surface area contributed by atoms with E-state index >= 15 is 0 Å². The molecule has 19 heavy (non-hydrogen) atoms. The van der Waals surface area contributed by atoms with E-state index in [1.807, 2.05) is 45.2 Å². The van der Waals surface area contributed by atoms with Crippen LogP contribution in [0, 0.1) is 0 Å². The second kappa shape index (κ2) is 4.96. The van der Waals surface area contributed by atoms with Crippen molar-refractivity contribution in [1.29, 1.82) is 0 Å². The van der Waals surface area contributed by atoms with E-state index in [1.165, 1.54) is 0 Å². The molecule has 1 aromatic carbocycles. The van der Waals surface area contributed by atoms with Crippen LogP contribution in [-0.4, -0.2) is 23.5 Å². The van der Waals surface area contributed by atoms with E-state index in [0.717, 1.165) is 22.2 Å². The van der Waals surface area contributed by atoms with Crippen molar-refractivity contribution in [3.8, 4) is 5.75 Å². The Labute approximate surface area is 113 Å². The lowest BCUT2D eigenvalue weighted by Gasteiger charge is -2.20. The highest BCUT2D eigenvalue weighted by Crippen LogP contribution is 2.24. The van der Waals surface area contributed by atoms with Crippen LogP contribution >= 0.6 is 0 Å². The van der Waals surface area contributed by atoms with Crippen LogP contribution in [0.4, 0.5) is 0 Å². The molecule has 2 N–H and O–H groups in total. The fraction of sp³-hybridized carbons (Fsp3) is 0.400. The number of fused-ring (bicyclic) bond motifs is 1. The normalized spacial score (nSPS) is 11.6. The van der Waals surface area contributed by atoms with Gasteiger partial charge in [-0.3, -0.25) is 4.79 Å². The Kier molecular flexibility index (Phi) is 3.51. The number of rotatable bonds is 3. The summed E-state index contributed by atoms with van der Waals surface area (Å²) in [6, 6.07) is 5.81. The molecule has 0 radical (unpaired) electrons. The average molecular weight is 260 g/mol. The molecule has 0 bridgehead atoms. The highest BCUT2D eigenvalue weighted by Gasteiger charge is 2.15. The highest BCUT2D eigenvalue weighted by molar-refractivity contribution is 5.89. The zero-order valence-corrected chi connectivity index (χ0v) is 11.8. The van der Waals surface area contributed by atoms with Crippen molar-refractivity contribution in [2.24, 2.45) is 0 Å². The van der Waals surface area contributed by atoms with Gasteiger partial charge in [-0.1, -0.05) is 0 Å². The zero-order valence-electron chi connectivity index (χ0n) is 11.8. The monoisotopic (exact) mass is 260 g/mol. The smallest absolute Gasteiger partial charge is 0.224 e. The number of carbonyl (C=O) groups is 1. The molecule has 1 amide bonds. The fourth-order valence-electron chi connectivity index (χ4n) is 2.07. The van der Waals surface area contributed by atoms with E-state index in [1.54, 1.807) is 7.11 Å². The van der Waals surface area contributed by atoms with Crippen LogP contribution in [0.15, 0.2) is 24.4 Å². The van der Waals surface area contributed by atoms with Gasteiger partial charge in [0, 0.05) is 22.6 Å². The van der Waals surface area contributed by atoms with E-state index in [9.17, 15) is 4.79 Å². The Hall–Kier alpha value is -1.97. The molecule has 0 saturated heterocycles. The number of H-pyrrole nitrogens is 1. The van der Waals surface area contributed by atoms with Crippen molar-refractivity contribution in [1.82, 2.24) is 10.3 Å². The van der Waals surface area contributed by atoms with Crippen LogP contribution in [0.5, 0.6) is 5.75 Å². The molecule has 4 nitrogen and oxygen atoms in total. The average Bonchev–Trinajstić information content (AvgIpc) is 2.69. The molecule has 0 unspecified atom stereocenters. The minimum absolute atomic E-state index is 0.0243. The number of nitrogens with one attached hydrogen (secondary N) is 2. The van der Waals surface area contributed by atoms with E-state index in [0.29, 0.717) is 6.42 Å². The molecule has 0 aliphatic rings. The predicted molar refractivity (Wildman–Crippen MR) is 76.5 cm³/mol. The van der Waals surface area contributed by atoms with Gasteiger partial charge >= 0.3 is 0 Å². The number of aromatic nitrogens is 1. The van der Waals surface area contributed by atoms with E-state index in [2.05, 4.69) is 10.3 Å². The van der Waals surface area contributed by atoms with Crippen LogP contribution in [0.2, 0.25) is 0 Å². The third-order valence-corrected chi connectivity index (χ3v) is 2.84. The van der Waals surface area contributed by atoms with Gasteiger partial charge in [0.2, 0.25) is 5.91 Å². The lowest BCUT2D eigenvalue weighted by atomic mass is 10.1. The van der Waals surface area contributed by atoms with Gasteiger partial charge in [-0.2, -0.15) is 0 Å². The van der Waals surface area contributed by atoms with Crippen molar-refractivity contribution in [2.45, 2.75) is 32.7 Å². The summed E-state index contributed by atoms with van der Waals surface area (Å²) in [6.45, 7) is 5.93. The Bertz CT molecular complexity index is 594. The molecule has 0 aliphatic carbocycles. The summed E-state index contributed by atoms with van der Waals surface area (Å²) in [5.74, 6) is 0.820. The Morgan fingerprint density at radius 2 is 2.11 bits per heavy atom. The first kappa shape index (κ1) is 13.5. The summed E-state index contributed by atoms with van der Waals surface area (Å²) in [7, 11) is 1.64. The van der Waals surface area contributed by atoms with Gasteiger partial charge in [-0.15, -0.1) is 0 Å². The zero-order chi connectivity index (χ0) is 14.0. The van der Waals surface area contributed by atoms with Crippen LogP contribution < -0.4 is 10.1 Å². The maximum atomic E-state index is 12.0. The largest absolute Gasteiger partial charge is 0.497 e. The van der Waals surface area contributed by atoms with Crippen LogP contribution in [0.1, 0.15) is 26.3 Å². The molecule has 0 atom stereocenters. The van der Waals surface area contributed by atoms with Gasteiger partial charge in [0.05, 0.1) is 13.5 Å². The summed E-state index contributed by atoms with van der Waals surface area (Å²) in [5, 5.41) is 4.00. The summed E-state index contributed by atoms with van der Waals surface area (Å²) in [4.78, 5) is 15.1. The van der Waals surface area contributed by atoms with Crippen LogP contribution in [-0.2, 0) is 11.2 Å². The molecule has 4 heteroatoms. The maximum absolute atomic E-state index is 12.0. The number of carbonyl (C=O) groups excluding carboxylic acids is 1. The number of methoxy groups -OCH3 is 1. The fourth-order valence-corrected chi connectivity index (χ4v) is 2.07. The molecule has 1 heterocycles. The number of aromatic amines is 1. The van der Waals surface area contributed by atoms with E-state index in [4.69, 9.17) is 4.74 Å². The molecule has 0 saturated carbocycles. The second-order valence-corrected chi connectivity index (χ2v) is 5.70. The molecular weight excluding hydrogens is 240 g/mol. The first-order valence-corrected chi connectivity index (χ1v) is 6.34. The molecule has 0 aliphatic heterocycles. The SMILES string of the molecule is COc1ccc2[nH]cc(CC(=O)NC(C)(C)C)c2c1. The number of ether oxygens (including phenoxy) is 1. The van der Waals surface area contributed by atoms with Crippen LogP contribution in [0.25, 0.3) is 10.9 Å². The van der Waals surface area contributed by atoms with Crippen molar-refractivity contribution < 1.29 is 9.53 Å². The van der Waals surface area contributed by atoms with Gasteiger partial charge in [-0.25, -0.2) is 0 Å². The van der Waals surface area contributed by atoms with Crippen molar-refractivity contribution >= 4 is 16.8 Å². The quantitative estimate of drug-likeness (QED) is 0.891. The van der Waals surface area contributed by atoms with E-state index in [-0.39, 0.29) is 11.4 Å². The van der Waals surface area contributed by atoms with Gasteiger partial charge in [-0.05, 0) is 44.5 Å². The molecule has 102 valence electrons. The minimum Gasteiger partial charge on any atom is -0.497 e. The Morgan fingerprint density at radius 3 is 2.74 bits per heavy atom. The summed E-state index contributed by atoms with van der Waals surface area (Å²) in [6.07, 6.45) is 2.25. The molecule has 0 fully saturated rings. The lowest BCUT2D eigenvalue weighted by Crippen LogP contribution is -2.41. The minimum atomic E-state index is -0.207. The van der Waals surface area contributed by atoms with Gasteiger partial charge in [0.1, 0.15) is 5.75 Å². The molecule has 1 aromatic heterocycles. The summed E-state index contributed by atoms with van der Waals surface area (Å²) >= 11 is 0. The van der Waals surface area contributed by atoms with Gasteiger partial charge in [0.25, 0.3) is 0 Å². The maximum Gasteiger partial charge on any atom is 0.224 e. The van der Waals surface area contributed by atoms with Crippen LogP contribution in [0.3, 0.4) is 0 Å². The molecular formula is C15H20N2O2. The van der Waals surface area contributed by atoms with Crippen molar-refractivity contribution in [2.75, 3.05) is 7.11 Å².